The van der Waals surface area contributed by atoms with E-state index < -0.39 is 17.6 Å². The van der Waals surface area contributed by atoms with Gasteiger partial charge in [-0.2, -0.15) is 0 Å². The molecule has 0 aliphatic rings. The van der Waals surface area contributed by atoms with Crippen molar-refractivity contribution in [3.63, 3.8) is 0 Å². The van der Waals surface area contributed by atoms with Crippen LogP contribution in [0.1, 0.15) is 41.0 Å². The second-order valence-corrected chi connectivity index (χ2v) is 13.9. The molecule has 0 aliphatic carbocycles. The van der Waals surface area contributed by atoms with Crippen molar-refractivity contribution in [2.24, 2.45) is 5.92 Å². The van der Waals surface area contributed by atoms with Gasteiger partial charge in [-0.25, -0.2) is 0 Å². The molecule has 1 rings (SSSR count). The van der Waals surface area contributed by atoms with Crippen molar-refractivity contribution in [1.29, 1.82) is 0 Å². The van der Waals surface area contributed by atoms with Crippen molar-refractivity contribution >= 4 is 34.9 Å². The third kappa shape index (κ3) is 11.1. The molecular formula is C22H44ClNO6Si2. The van der Waals surface area contributed by atoms with E-state index in [0.29, 0.717) is 19.8 Å². The summed E-state index contributed by atoms with van der Waals surface area (Å²) in [6.45, 7) is 12.5. The van der Waals surface area contributed by atoms with E-state index in [1.165, 1.54) is 0 Å². The summed E-state index contributed by atoms with van der Waals surface area (Å²) in [5.74, 6) is 0.281. The molecule has 0 spiro atoms. The molecule has 0 amide bonds. The summed E-state index contributed by atoms with van der Waals surface area (Å²) >= 11 is 6.36. The highest BCUT2D eigenvalue weighted by atomic mass is 35.5. The summed E-state index contributed by atoms with van der Waals surface area (Å²) in [7, 11) is -0.164. The standard InChI is InChI=1S/C12H21NO3Si.C10H23ClO3Si/c1-14-17(15-2,16-3)11-7-10-13-12-8-5-4-6-9-12;1-6-12-15(13-7-2,14-8-3)10(11)9(4)5/h4-6,8-9,13H,7,10-11H2,1-3H3;9-10H,6-8H2,1-5H3. The zero-order chi connectivity index (χ0) is 24.5. The van der Waals surface area contributed by atoms with Crippen LogP contribution in [-0.4, -0.2) is 70.3 Å². The van der Waals surface area contributed by atoms with Gasteiger partial charge in [-0.3, -0.25) is 0 Å². The molecule has 0 aliphatic heterocycles. The predicted molar refractivity (Wildman–Crippen MR) is 136 cm³/mol. The van der Waals surface area contributed by atoms with Gasteiger partial charge >= 0.3 is 17.6 Å². The first-order valence-corrected chi connectivity index (χ1v) is 15.5. The first kappa shape index (κ1) is 31.5. The Hall–Kier alpha value is -0.496. The molecule has 0 aromatic heterocycles. The minimum Gasteiger partial charge on any atom is -0.385 e. The summed E-state index contributed by atoms with van der Waals surface area (Å²) in [6, 6.07) is 10.9. The first-order chi connectivity index (χ1) is 15.3. The molecule has 0 bridgehead atoms. The lowest BCUT2D eigenvalue weighted by Gasteiger charge is -2.33. The third-order valence-electron chi connectivity index (χ3n) is 4.66. The Morgan fingerprint density at radius 3 is 1.69 bits per heavy atom. The zero-order valence-electron chi connectivity index (χ0n) is 21.1. The van der Waals surface area contributed by atoms with Gasteiger partial charge in [-0.1, -0.05) is 32.0 Å². The Morgan fingerprint density at radius 2 is 1.31 bits per heavy atom. The van der Waals surface area contributed by atoms with E-state index in [1.807, 2.05) is 51.1 Å². The molecular weight excluding hydrogens is 466 g/mol. The van der Waals surface area contributed by atoms with Crippen LogP contribution in [0.15, 0.2) is 30.3 Å². The van der Waals surface area contributed by atoms with Crippen molar-refractivity contribution in [1.82, 2.24) is 0 Å². The van der Waals surface area contributed by atoms with E-state index in [1.54, 1.807) is 21.3 Å². The lowest BCUT2D eigenvalue weighted by Crippen LogP contribution is -2.56. The van der Waals surface area contributed by atoms with Crippen LogP contribution < -0.4 is 5.32 Å². The Kier molecular flexibility index (Phi) is 17.6. The quantitative estimate of drug-likeness (QED) is 0.186. The molecule has 32 heavy (non-hydrogen) atoms. The fraction of sp³-hybridized carbons (Fsp3) is 0.727. The highest BCUT2D eigenvalue weighted by Gasteiger charge is 2.49. The molecule has 1 aromatic carbocycles. The second kappa shape index (κ2) is 17.9. The van der Waals surface area contributed by atoms with Gasteiger partial charge in [-0.05, 0) is 45.2 Å². The number of hydrogen-bond acceptors (Lipinski definition) is 7. The van der Waals surface area contributed by atoms with E-state index in [-0.39, 0.29) is 10.9 Å². The van der Waals surface area contributed by atoms with Crippen LogP contribution in [0.25, 0.3) is 0 Å². The van der Waals surface area contributed by atoms with Crippen LogP contribution in [0, 0.1) is 5.92 Å². The monoisotopic (exact) mass is 509 g/mol. The van der Waals surface area contributed by atoms with Gasteiger partial charge in [0.25, 0.3) is 0 Å². The average molecular weight is 510 g/mol. The minimum absolute atomic E-state index is 0.183. The molecule has 7 nitrogen and oxygen atoms in total. The number of halogens is 1. The Balaban J connectivity index is 0.000000607. The Bertz CT molecular complexity index is 541. The van der Waals surface area contributed by atoms with E-state index in [0.717, 1.165) is 24.7 Å². The predicted octanol–water partition coefficient (Wildman–Crippen LogP) is 5.20. The minimum atomic E-state index is -2.70. The highest BCUT2D eigenvalue weighted by Crippen LogP contribution is 2.25. The molecule has 10 heteroatoms. The smallest absolute Gasteiger partial charge is 0.385 e. The molecule has 1 atom stereocenters. The number of anilines is 1. The Morgan fingerprint density at radius 1 is 0.844 bits per heavy atom. The first-order valence-electron chi connectivity index (χ1n) is 11.3. The van der Waals surface area contributed by atoms with Crippen molar-refractivity contribution in [3.05, 3.63) is 30.3 Å². The largest absolute Gasteiger partial charge is 0.520 e. The van der Waals surface area contributed by atoms with E-state index in [9.17, 15) is 0 Å². The Labute approximate surface area is 202 Å². The fourth-order valence-electron chi connectivity index (χ4n) is 3.03. The number of para-hydroxylation sites is 1. The van der Waals surface area contributed by atoms with Gasteiger partial charge in [-0.15, -0.1) is 11.6 Å². The second-order valence-electron chi connectivity index (χ2n) is 7.24. The maximum absolute atomic E-state index is 6.36. The molecule has 0 saturated heterocycles. The zero-order valence-corrected chi connectivity index (χ0v) is 23.9. The van der Waals surface area contributed by atoms with Crippen LogP contribution in [0.3, 0.4) is 0 Å². The lowest BCUT2D eigenvalue weighted by atomic mass is 10.3. The van der Waals surface area contributed by atoms with Crippen molar-refractivity contribution in [2.75, 3.05) is 53.0 Å². The molecule has 0 fully saturated rings. The van der Waals surface area contributed by atoms with E-state index >= 15 is 0 Å². The third-order valence-corrected chi connectivity index (χ3v) is 12.2. The van der Waals surface area contributed by atoms with Crippen LogP contribution in [0.2, 0.25) is 6.04 Å². The summed E-state index contributed by atoms with van der Waals surface area (Å²) in [5, 5.41) is 3.16. The molecule has 1 unspecified atom stereocenters. The summed E-state index contributed by atoms with van der Waals surface area (Å²) in [5.41, 5.74) is 1.13. The highest BCUT2D eigenvalue weighted by molar-refractivity contribution is 6.71. The van der Waals surface area contributed by atoms with Crippen molar-refractivity contribution in [3.8, 4) is 0 Å². The number of hydrogen-bond donors (Lipinski definition) is 1. The summed E-state index contributed by atoms with van der Waals surface area (Å²) in [6.07, 6.45) is 0.955. The van der Waals surface area contributed by atoms with Gasteiger partial charge in [0, 0.05) is 59.4 Å². The molecule has 188 valence electrons. The molecule has 1 aromatic rings. The summed E-state index contributed by atoms with van der Waals surface area (Å²) < 4.78 is 33.2. The molecule has 0 heterocycles. The fourth-order valence-corrected chi connectivity index (χ4v) is 8.07. The topological polar surface area (TPSA) is 67.4 Å². The van der Waals surface area contributed by atoms with Crippen LogP contribution >= 0.6 is 11.6 Å². The van der Waals surface area contributed by atoms with Gasteiger partial charge in [0.1, 0.15) is 5.00 Å². The molecule has 1 N–H and O–H groups in total. The van der Waals surface area contributed by atoms with E-state index in [4.69, 9.17) is 38.2 Å². The van der Waals surface area contributed by atoms with Crippen LogP contribution in [0.5, 0.6) is 0 Å². The van der Waals surface area contributed by atoms with Gasteiger partial charge in [0.05, 0.1) is 0 Å². The van der Waals surface area contributed by atoms with Crippen LogP contribution in [0.4, 0.5) is 5.69 Å². The maximum Gasteiger partial charge on any atom is 0.520 e. The van der Waals surface area contributed by atoms with Gasteiger partial charge < -0.3 is 31.9 Å². The van der Waals surface area contributed by atoms with Crippen LogP contribution in [-0.2, 0) is 26.6 Å². The SMILES string of the molecule is CCO[Si](OCC)(OCC)C(Cl)C(C)C.CO[Si](CCCNc1ccccc1)(OC)OC. The number of rotatable bonds is 16. The number of nitrogens with one attached hydrogen (secondary N) is 1. The normalized spacial score (nSPS) is 12.9. The molecule has 0 saturated carbocycles. The van der Waals surface area contributed by atoms with Gasteiger partial charge in [0.2, 0.25) is 0 Å². The average Bonchev–Trinajstić information content (AvgIpc) is 2.80. The van der Waals surface area contributed by atoms with E-state index in [2.05, 4.69) is 19.2 Å². The van der Waals surface area contributed by atoms with Crippen molar-refractivity contribution < 1.29 is 26.6 Å². The van der Waals surface area contributed by atoms with Gasteiger partial charge in [0.15, 0.2) is 0 Å². The van der Waals surface area contributed by atoms with Crippen molar-refractivity contribution in [2.45, 2.75) is 52.1 Å². The number of benzene rings is 1. The molecule has 0 radical (unpaired) electrons. The lowest BCUT2D eigenvalue weighted by molar-refractivity contribution is 0.0652. The number of alkyl halides is 1. The maximum atomic E-state index is 6.36. The summed E-state index contributed by atoms with van der Waals surface area (Å²) in [4.78, 5) is 0.